The van der Waals surface area contributed by atoms with Crippen LogP contribution in [0.5, 0.6) is 17.2 Å². The van der Waals surface area contributed by atoms with Crippen LogP contribution in [0, 0.1) is 75.9 Å². The Kier molecular flexibility index (Phi) is 18.7. The van der Waals surface area contributed by atoms with Crippen LogP contribution < -0.4 is 14.2 Å². The van der Waals surface area contributed by atoms with Crippen LogP contribution in [0.15, 0.2) is 103 Å². The molecule has 440 valence electrons. The van der Waals surface area contributed by atoms with Gasteiger partial charge < -0.3 is 18.9 Å². The van der Waals surface area contributed by atoms with Gasteiger partial charge in [0.25, 0.3) is 0 Å². The molecule has 5 saturated carbocycles. The van der Waals surface area contributed by atoms with E-state index in [0.29, 0.717) is 11.6 Å². The van der Waals surface area contributed by atoms with Gasteiger partial charge in [-0.15, -0.1) is 0 Å². The van der Waals surface area contributed by atoms with E-state index < -0.39 is 7.54 Å². The van der Waals surface area contributed by atoms with Crippen molar-refractivity contribution in [3.05, 3.63) is 136 Å². The van der Waals surface area contributed by atoms with Crippen LogP contribution in [0.3, 0.4) is 0 Å². The smallest absolute Gasteiger partial charge is 0.496 e. The highest BCUT2D eigenvalue weighted by atomic mass is 19.4. The van der Waals surface area contributed by atoms with Crippen LogP contribution in [-0.2, 0) is 19.1 Å². The average molecular weight is 1120 g/mol. The van der Waals surface area contributed by atoms with Crippen molar-refractivity contribution in [2.45, 2.75) is 172 Å². The van der Waals surface area contributed by atoms with Gasteiger partial charge in [-0.1, -0.05) is 160 Å². The summed E-state index contributed by atoms with van der Waals surface area (Å²) in [5.74, 6) is 3.73. The minimum atomic E-state index is -3.67. The van der Waals surface area contributed by atoms with Crippen molar-refractivity contribution < 1.29 is 46.3 Å². The van der Waals surface area contributed by atoms with Crippen LogP contribution in [0.25, 0.3) is 0 Å². The molecule has 8 aliphatic rings. The van der Waals surface area contributed by atoms with Gasteiger partial charge in [-0.05, 0) is 158 Å². The maximum Gasteiger partial charge on any atom is 0.762 e. The van der Waals surface area contributed by atoms with Crippen molar-refractivity contribution >= 4 is 24.9 Å². The number of benzene rings is 3. The SMILES string of the molecule is CCOCC.COc1ccc([C@@H]2C(=O)[C@H]3C=C[C@]34C(C)(C)CCC[C@]24C)cc1C.COc1ccc([C@@H]2C3C=CC4(C3=O)C(C)(C)CCCC24C)cc1OC.Cc1ccc([C@@H]2C(=O)C=CC=C3C(C)(C)CCC[C@@]32C)cc1C.FB(F)F. The molecule has 0 heterocycles. The van der Waals surface area contributed by atoms with Crippen molar-refractivity contribution in [1.29, 1.82) is 0 Å². The Bertz CT molecular complexity index is 2950. The van der Waals surface area contributed by atoms with E-state index in [1.807, 2.05) is 32.1 Å². The Morgan fingerprint density at radius 3 is 1.70 bits per heavy atom. The maximum absolute atomic E-state index is 13.5. The number of ether oxygens (including phenoxy) is 4. The van der Waals surface area contributed by atoms with E-state index in [1.54, 1.807) is 27.4 Å². The number of Topliss-reactive ketones (excluding diaryl/α,β-unsaturated/α-hetero) is 2. The number of aryl methyl sites for hydroxylation is 3. The lowest BCUT2D eigenvalue weighted by Crippen LogP contribution is -2.56. The van der Waals surface area contributed by atoms with E-state index in [1.165, 1.54) is 65.5 Å². The molecule has 11 rings (SSSR count). The number of ketones is 3. The Hall–Kier alpha value is -5.16. The Labute approximate surface area is 484 Å². The maximum atomic E-state index is 13.5. The van der Waals surface area contributed by atoms with E-state index in [2.05, 4.69) is 156 Å². The first kappa shape index (κ1) is 63.4. The first-order chi connectivity index (χ1) is 38.0. The zero-order valence-corrected chi connectivity index (χ0v) is 52.0. The number of fused-ring (bicyclic) bond motifs is 2. The highest BCUT2D eigenvalue weighted by Crippen LogP contribution is 2.77. The molecule has 11 heteroatoms. The number of halogens is 3. The molecule has 5 fully saturated rings. The molecule has 0 aromatic heterocycles. The second-order valence-corrected chi connectivity index (χ2v) is 27.0. The summed E-state index contributed by atoms with van der Waals surface area (Å²) in [6.45, 7) is 33.0. The van der Waals surface area contributed by atoms with E-state index in [9.17, 15) is 27.3 Å². The molecule has 0 aliphatic heterocycles. The lowest BCUT2D eigenvalue weighted by atomic mass is 9.41. The highest BCUT2D eigenvalue weighted by molar-refractivity contribution is 6.33. The number of allylic oxidation sites excluding steroid dienone is 8. The summed E-state index contributed by atoms with van der Waals surface area (Å²) in [5.41, 5.74) is 8.63. The number of hydrogen-bond donors (Lipinski definition) is 0. The molecule has 0 radical (unpaired) electrons. The molecule has 7 nitrogen and oxygen atoms in total. The highest BCUT2D eigenvalue weighted by Gasteiger charge is 2.75. The normalized spacial score (nSPS) is 32.6. The summed E-state index contributed by atoms with van der Waals surface area (Å²) in [6, 6.07) is 19.0. The van der Waals surface area contributed by atoms with E-state index >= 15 is 0 Å². The molecule has 2 bridgehead atoms. The van der Waals surface area contributed by atoms with Gasteiger partial charge in [0, 0.05) is 47.7 Å². The number of hydrogen-bond acceptors (Lipinski definition) is 7. The summed E-state index contributed by atoms with van der Waals surface area (Å²) in [7, 11) is 1.36. The summed E-state index contributed by atoms with van der Waals surface area (Å²) in [5, 5.41) is 0. The van der Waals surface area contributed by atoms with E-state index in [-0.39, 0.29) is 78.7 Å². The van der Waals surface area contributed by atoms with Crippen LogP contribution >= 0.6 is 0 Å². The molecule has 81 heavy (non-hydrogen) atoms. The van der Waals surface area contributed by atoms with Gasteiger partial charge in [-0.3, -0.25) is 27.3 Å². The number of methoxy groups -OCH3 is 3. The first-order valence-electron chi connectivity index (χ1n) is 29.8. The predicted molar refractivity (Wildman–Crippen MR) is 322 cm³/mol. The minimum absolute atomic E-state index is 0.00156. The van der Waals surface area contributed by atoms with Gasteiger partial charge in [0.15, 0.2) is 23.1 Å². The molecule has 3 aromatic carbocycles. The van der Waals surface area contributed by atoms with Crippen molar-refractivity contribution in [3.63, 3.8) is 0 Å². The quantitative estimate of drug-likeness (QED) is 0.164. The Morgan fingerprint density at radius 2 is 1.14 bits per heavy atom. The molecule has 0 saturated heterocycles. The van der Waals surface area contributed by atoms with Crippen LogP contribution in [0.1, 0.15) is 185 Å². The van der Waals surface area contributed by atoms with E-state index in [4.69, 9.17) is 18.9 Å². The lowest BCUT2D eigenvalue weighted by molar-refractivity contribution is -0.138. The summed E-state index contributed by atoms with van der Waals surface area (Å²) in [4.78, 5) is 39.9. The van der Waals surface area contributed by atoms with E-state index in [0.717, 1.165) is 61.7 Å². The Balaban J connectivity index is 0.000000163. The number of carbonyl (C=O) groups is 3. The van der Waals surface area contributed by atoms with Crippen molar-refractivity contribution in [1.82, 2.24) is 0 Å². The average Bonchev–Trinajstić information content (AvgIpc) is 2.02. The monoisotopic (exact) mass is 1110 g/mol. The fourth-order valence-electron chi connectivity index (χ4n) is 17.9. The fourth-order valence-corrected chi connectivity index (χ4v) is 17.9. The molecule has 3 aromatic rings. The Morgan fingerprint density at radius 1 is 0.580 bits per heavy atom. The van der Waals surface area contributed by atoms with Crippen molar-refractivity contribution in [3.8, 4) is 17.2 Å². The summed E-state index contributed by atoms with van der Waals surface area (Å²) < 4.78 is 50.2. The number of rotatable bonds is 8. The summed E-state index contributed by atoms with van der Waals surface area (Å²) in [6.07, 6.45) is 25.4. The fraction of sp³-hybridized carbons (Fsp3) is 0.586. The molecular formula is C70H94BF3O7. The molecule has 0 N–H and O–H groups in total. The van der Waals surface area contributed by atoms with Gasteiger partial charge in [0.1, 0.15) is 11.5 Å². The molecular weight excluding hydrogens is 1020 g/mol. The van der Waals surface area contributed by atoms with Gasteiger partial charge in [-0.25, -0.2) is 0 Å². The molecule has 10 atom stereocenters. The zero-order valence-electron chi connectivity index (χ0n) is 52.0. The van der Waals surface area contributed by atoms with Gasteiger partial charge >= 0.3 is 7.54 Å². The third kappa shape index (κ3) is 10.6. The largest absolute Gasteiger partial charge is 0.762 e. The summed E-state index contributed by atoms with van der Waals surface area (Å²) >= 11 is 0. The molecule has 8 aliphatic carbocycles. The molecule has 0 amide bonds. The number of carbonyl (C=O) groups excluding carboxylic acids is 3. The second kappa shape index (κ2) is 23.8. The van der Waals surface area contributed by atoms with Crippen LogP contribution in [0.4, 0.5) is 12.9 Å². The first-order valence-corrected chi connectivity index (χ1v) is 29.8. The van der Waals surface area contributed by atoms with Gasteiger partial charge in [0.05, 0.1) is 32.7 Å². The third-order valence-electron chi connectivity index (χ3n) is 21.7. The molecule has 2 spiro atoms. The molecule has 3 unspecified atom stereocenters. The van der Waals surface area contributed by atoms with Gasteiger partial charge in [-0.2, -0.15) is 0 Å². The second-order valence-electron chi connectivity index (χ2n) is 27.0. The van der Waals surface area contributed by atoms with Gasteiger partial charge in [0.2, 0.25) is 0 Å². The topological polar surface area (TPSA) is 88.1 Å². The van der Waals surface area contributed by atoms with Crippen molar-refractivity contribution in [2.24, 2.45) is 55.2 Å². The zero-order chi connectivity index (χ0) is 59.9. The van der Waals surface area contributed by atoms with Crippen LogP contribution in [-0.4, -0.2) is 59.4 Å². The van der Waals surface area contributed by atoms with Crippen LogP contribution in [0.2, 0.25) is 0 Å². The predicted octanol–water partition coefficient (Wildman–Crippen LogP) is 17.4. The standard InChI is InChI=1S/C22H28O3.C22H28O2.C22H28O.C4H10O.BF3/c1-20(2)10-6-11-21(3)18(15-9-12-22(20,21)19(15)23)14-7-8-16(24-4)17(13-14)25-5;1-14-13-15(7-8-17(14)24-5)18-19(23)16-9-12-22(16)20(2,3)10-6-11-21(18,22)4;1-15-10-11-17(14-16(15)2)20-18(23)8-6-9-19-21(3,4)12-7-13-22(19,20)5;1-3-5-4-2;2-1(3)4/h7-9,12-13,15,18H,6,10-11H2,1-5H3;7-9,12-13,16,18H,6,10-11H2,1-5H3;6,8-11,14,20H,7,12-13H2,1-5H3;3-4H2,1-2H3;/t15?,18-,21?,22?;16-,18-,21-,22-;20-,22+;;/m111../s1. The minimum Gasteiger partial charge on any atom is -0.496 e. The third-order valence-corrected chi connectivity index (χ3v) is 21.7. The lowest BCUT2D eigenvalue weighted by Gasteiger charge is -2.62. The van der Waals surface area contributed by atoms with Crippen molar-refractivity contribution in [2.75, 3.05) is 34.5 Å².